The number of hydrogen-bond acceptors (Lipinski definition) is 4. The van der Waals surface area contributed by atoms with Crippen LogP contribution in [0, 0.1) is 11.3 Å². The number of aromatic nitrogens is 2. The van der Waals surface area contributed by atoms with Gasteiger partial charge in [-0.25, -0.2) is 0 Å². The number of nitrogens with zero attached hydrogens (tertiary/aromatic N) is 3. The minimum atomic E-state index is -0.292. The Hall–Kier alpha value is -4.17. The van der Waals surface area contributed by atoms with Crippen LogP contribution in [-0.2, 0) is 6.54 Å². The topological polar surface area (TPSA) is 70.7 Å². The molecule has 0 saturated carbocycles. The van der Waals surface area contributed by atoms with Crippen LogP contribution in [0.3, 0.4) is 0 Å². The molecule has 1 aromatic heterocycles. The summed E-state index contributed by atoms with van der Waals surface area (Å²) in [7, 11) is 0. The highest BCUT2D eigenvalue weighted by molar-refractivity contribution is 5.98. The normalized spacial score (nSPS) is 10.3. The Balaban J connectivity index is 1.71. The second kappa shape index (κ2) is 8.24. The molecule has 1 N–H and O–H groups in total. The zero-order valence-corrected chi connectivity index (χ0v) is 15.6. The summed E-state index contributed by atoms with van der Waals surface area (Å²) < 4.78 is 1.36. The van der Waals surface area contributed by atoms with Crippen molar-refractivity contribution >= 4 is 11.7 Å². The molecule has 4 rings (SSSR count). The number of nitriles is 1. The molecule has 0 aliphatic carbocycles. The van der Waals surface area contributed by atoms with E-state index in [1.807, 2.05) is 66.7 Å². The quantitative estimate of drug-likeness (QED) is 0.545. The van der Waals surface area contributed by atoms with Crippen molar-refractivity contribution in [3.05, 3.63) is 108 Å². The van der Waals surface area contributed by atoms with Crippen LogP contribution in [0.25, 0.3) is 11.3 Å². The maximum absolute atomic E-state index is 13.1. The number of carbonyl (C=O) groups is 1. The number of hydrogen-bond donors (Lipinski definition) is 1. The van der Waals surface area contributed by atoms with Crippen molar-refractivity contribution in [1.29, 1.82) is 5.26 Å². The number of benzene rings is 3. The van der Waals surface area contributed by atoms with Crippen LogP contribution >= 0.6 is 0 Å². The molecule has 3 aromatic carbocycles. The number of rotatable bonds is 5. The first-order valence-corrected chi connectivity index (χ1v) is 9.23. The molecular formula is C24H18N4O. The Morgan fingerprint density at radius 3 is 2.38 bits per heavy atom. The largest absolute Gasteiger partial charge is 0.366 e. The van der Waals surface area contributed by atoms with Crippen molar-refractivity contribution in [2.45, 2.75) is 6.54 Å². The van der Waals surface area contributed by atoms with Gasteiger partial charge in [-0.15, -0.1) is 0 Å². The van der Waals surface area contributed by atoms with Crippen molar-refractivity contribution < 1.29 is 4.79 Å². The zero-order valence-electron chi connectivity index (χ0n) is 15.6. The summed E-state index contributed by atoms with van der Waals surface area (Å²) in [5.74, 6) is 0.305. The van der Waals surface area contributed by atoms with Crippen LogP contribution < -0.4 is 5.32 Å². The van der Waals surface area contributed by atoms with Gasteiger partial charge in [-0.3, -0.25) is 4.79 Å². The first-order chi connectivity index (χ1) is 14.2. The van der Waals surface area contributed by atoms with Crippen LogP contribution in [0.15, 0.2) is 91.0 Å². The lowest BCUT2D eigenvalue weighted by Gasteiger charge is -2.09. The third-order valence-corrected chi connectivity index (χ3v) is 4.53. The number of carbonyl (C=O) groups excluding carboxylic acids is 1. The molecule has 0 unspecified atom stereocenters. The van der Waals surface area contributed by atoms with Gasteiger partial charge in [0.05, 0.1) is 17.3 Å². The fourth-order valence-electron chi connectivity index (χ4n) is 3.04. The van der Waals surface area contributed by atoms with E-state index in [0.717, 1.165) is 11.1 Å². The van der Waals surface area contributed by atoms with Crippen molar-refractivity contribution in [3.63, 3.8) is 0 Å². The zero-order chi connectivity index (χ0) is 20.1. The summed E-state index contributed by atoms with van der Waals surface area (Å²) in [6, 6.07) is 30.2. The molecule has 0 bridgehead atoms. The van der Waals surface area contributed by atoms with Crippen molar-refractivity contribution in [2.75, 3.05) is 5.32 Å². The van der Waals surface area contributed by atoms with Crippen molar-refractivity contribution in [3.8, 4) is 17.3 Å². The minimum Gasteiger partial charge on any atom is -0.366 e. The predicted octanol–water partition coefficient (Wildman–Crippen LogP) is 4.72. The van der Waals surface area contributed by atoms with E-state index < -0.39 is 0 Å². The molecule has 0 saturated heterocycles. The monoisotopic (exact) mass is 378 g/mol. The van der Waals surface area contributed by atoms with Crippen LogP contribution in [0.1, 0.15) is 21.5 Å². The summed E-state index contributed by atoms with van der Waals surface area (Å²) in [5.41, 5.74) is 3.57. The minimum absolute atomic E-state index is 0.292. The van der Waals surface area contributed by atoms with Gasteiger partial charge in [-0.2, -0.15) is 15.0 Å². The first-order valence-electron chi connectivity index (χ1n) is 9.23. The van der Waals surface area contributed by atoms with Gasteiger partial charge < -0.3 is 5.32 Å². The average molecular weight is 378 g/mol. The highest BCUT2D eigenvalue weighted by atomic mass is 16.2. The van der Waals surface area contributed by atoms with Gasteiger partial charge >= 0.3 is 0 Å². The molecule has 4 aromatic rings. The van der Waals surface area contributed by atoms with Crippen LogP contribution in [0.4, 0.5) is 5.82 Å². The first kappa shape index (κ1) is 18.2. The highest BCUT2D eigenvalue weighted by Gasteiger charge is 2.17. The molecule has 0 atom stereocenters. The Labute approximate surface area is 168 Å². The number of anilines is 1. The molecule has 0 aliphatic heterocycles. The number of nitrogens with one attached hydrogen (secondary N) is 1. The van der Waals surface area contributed by atoms with Gasteiger partial charge in [-0.05, 0) is 23.8 Å². The van der Waals surface area contributed by atoms with E-state index in [9.17, 15) is 4.79 Å². The second-order valence-corrected chi connectivity index (χ2v) is 6.53. The van der Waals surface area contributed by atoms with E-state index in [4.69, 9.17) is 5.26 Å². The average Bonchev–Trinajstić information content (AvgIpc) is 3.23. The molecule has 1 heterocycles. The van der Waals surface area contributed by atoms with E-state index in [1.165, 1.54) is 4.68 Å². The van der Waals surface area contributed by atoms with Crippen LogP contribution in [0.2, 0.25) is 0 Å². The maximum atomic E-state index is 13.1. The SMILES string of the molecule is N#Cc1cccc(C(=O)n2nc(-c3ccccc3)cc2NCc2ccccc2)c1. The fourth-order valence-corrected chi connectivity index (χ4v) is 3.04. The molecule has 0 fully saturated rings. The Bertz CT molecular complexity index is 1170. The van der Waals surface area contributed by atoms with Gasteiger partial charge in [0.1, 0.15) is 5.82 Å². The maximum Gasteiger partial charge on any atom is 0.280 e. The Morgan fingerprint density at radius 2 is 1.66 bits per heavy atom. The van der Waals surface area contributed by atoms with Crippen molar-refractivity contribution in [2.24, 2.45) is 0 Å². The smallest absolute Gasteiger partial charge is 0.280 e. The fraction of sp³-hybridized carbons (Fsp3) is 0.0417. The second-order valence-electron chi connectivity index (χ2n) is 6.53. The third kappa shape index (κ3) is 4.07. The Morgan fingerprint density at radius 1 is 0.931 bits per heavy atom. The summed E-state index contributed by atoms with van der Waals surface area (Å²) in [6.07, 6.45) is 0. The summed E-state index contributed by atoms with van der Waals surface area (Å²) in [6.45, 7) is 0.562. The predicted molar refractivity (Wildman–Crippen MR) is 112 cm³/mol. The van der Waals surface area contributed by atoms with E-state index >= 15 is 0 Å². The molecule has 29 heavy (non-hydrogen) atoms. The molecule has 0 amide bonds. The van der Waals surface area contributed by atoms with Crippen molar-refractivity contribution in [1.82, 2.24) is 9.78 Å². The van der Waals surface area contributed by atoms with Gasteiger partial charge in [0.25, 0.3) is 5.91 Å². The highest BCUT2D eigenvalue weighted by Crippen LogP contribution is 2.23. The Kier molecular flexibility index (Phi) is 5.17. The standard InChI is InChI=1S/C24H18N4O/c25-16-19-10-7-13-21(14-19)24(29)28-23(26-17-18-8-3-1-4-9-18)15-22(27-28)20-11-5-2-6-12-20/h1-15,26H,17H2. The summed E-state index contributed by atoms with van der Waals surface area (Å²) in [4.78, 5) is 13.1. The molecule has 5 nitrogen and oxygen atoms in total. The molecule has 0 spiro atoms. The summed E-state index contributed by atoms with van der Waals surface area (Å²) in [5, 5.41) is 17.0. The lowest BCUT2D eigenvalue weighted by Crippen LogP contribution is -2.17. The van der Waals surface area contributed by atoms with Gasteiger partial charge in [0.15, 0.2) is 0 Å². The molecular weight excluding hydrogens is 360 g/mol. The lowest BCUT2D eigenvalue weighted by atomic mass is 10.1. The van der Waals surface area contributed by atoms with E-state index in [0.29, 0.717) is 29.2 Å². The lowest BCUT2D eigenvalue weighted by molar-refractivity contribution is 0.0948. The van der Waals surface area contributed by atoms with Gasteiger partial charge in [0.2, 0.25) is 0 Å². The van der Waals surface area contributed by atoms with Gasteiger partial charge in [0, 0.05) is 23.7 Å². The molecule has 0 aliphatic rings. The third-order valence-electron chi connectivity index (χ3n) is 4.53. The molecule has 140 valence electrons. The molecule has 0 radical (unpaired) electrons. The van der Waals surface area contributed by atoms with E-state index in [2.05, 4.69) is 16.5 Å². The summed E-state index contributed by atoms with van der Waals surface area (Å²) >= 11 is 0. The van der Waals surface area contributed by atoms with Crippen LogP contribution in [-0.4, -0.2) is 15.7 Å². The van der Waals surface area contributed by atoms with Crippen LogP contribution in [0.5, 0.6) is 0 Å². The van der Waals surface area contributed by atoms with Gasteiger partial charge in [-0.1, -0.05) is 66.7 Å². The molecule has 5 heteroatoms. The van der Waals surface area contributed by atoms with E-state index in [-0.39, 0.29) is 5.91 Å². The van der Waals surface area contributed by atoms with E-state index in [1.54, 1.807) is 24.3 Å².